The summed E-state index contributed by atoms with van der Waals surface area (Å²) < 4.78 is 0. The van der Waals surface area contributed by atoms with Gasteiger partial charge >= 0.3 is 0 Å². The normalized spacial score (nSPS) is 11.3. The van der Waals surface area contributed by atoms with Crippen LogP contribution in [-0.4, -0.2) is 15.1 Å². The summed E-state index contributed by atoms with van der Waals surface area (Å²) in [5.74, 6) is 1.13. The third kappa shape index (κ3) is 4.71. The number of aromatic nitrogens is 2. The lowest BCUT2D eigenvalue weighted by Crippen LogP contribution is -2.11. The van der Waals surface area contributed by atoms with E-state index < -0.39 is 0 Å². The average Bonchev–Trinajstić information content (AvgIpc) is 2.90. The second kappa shape index (κ2) is 9.67. The zero-order chi connectivity index (χ0) is 25.1. The maximum absolute atomic E-state index is 11.1. The molecule has 0 unspecified atom stereocenters. The number of nitrogens with zero attached hydrogens (tertiary/aromatic N) is 3. The maximum atomic E-state index is 11.1. The number of hydrogen-bond donors (Lipinski definition) is 1. The van der Waals surface area contributed by atoms with Crippen molar-refractivity contribution in [2.24, 2.45) is 0 Å². The van der Waals surface area contributed by atoms with Crippen LogP contribution in [0, 0.1) is 0 Å². The minimum atomic E-state index is -0.168. The number of anilines is 3. The molecule has 2 aromatic heterocycles. The fourth-order valence-corrected chi connectivity index (χ4v) is 4.38. The first-order chi connectivity index (χ1) is 17.4. The van der Waals surface area contributed by atoms with Gasteiger partial charge in [-0.15, -0.1) is 0 Å². The minimum absolute atomic E-state index is 0.168. The van der Waals surface area contributed by atoms with Gasteiger partial charge in [-0.05, 0) is 65.6 Å². The highest BCUT2D eigenvalue weighted by molar-refractivity contribution is 5.78. The standard InChI is InChI=1S/C32H29N3O/c1-32(2,3)27-17-10-16-26(31(27)36)29-19-11-18-28(34-29)23-12-9-15-25(22-23)35(24-13-5-4-6-14-24)30-20-7-8-21-33-30/h4-22,36H,1-3H3. The zero-order valence-corrected chi connectivity index (χ0v) is 20.8. The Kier molecular flexibility index (Phi) is 6.26. The van der Waals surface area contributed by atoms with E-state index in [4.69, 9.17) is 4.98 Å². The lowest BCUT2D eigenvalue weighted by atomic mass is 9.85. The summed E-state index contributed by atoms with van der Waals surface area (Å²) in [5.41, 5.74) is 6.05. The van der Waals surface area contributed by atoms with Gasteiger partial charge in [0.2, 0.25) is 0 Å². The molecule has 0 bridgehead atoms. The van der Waals surface area contributed by atoms with Crippen molar-refractivity contribution in [3.63, 3.8) is 0 Å². The quantitative estimate of drug-likeness (QED) is 0.280. The van der Waals surface area contributed by atoms with Gasteiger partial charge in [0.25, 0.3) is 0 Å². The fourth-order valence-electron chi connectivity index (χ4n) is 4.38. The predicted molar refractivity (Wildman–Crippen MR) is 148 cm³/mol. The van der Waals surface area contributed by atoms with Crippen LogP contribution in [-0.2, 0) is 5.41 Å². The average molecular weight is 472 g/mol. The third-order valence-electron chi connectivity index (χ3n) is 6.16. The Morgan fingerprint density at radius 1 is 0.667 bits per heavy atom. The van der Waals surface area contributed by atoms with Gasteiger partial charge < -0.3 is 5.11 Å². The summed E-state index contributed by atoms with van der Waals surface area (Å²) in [6, 6.07) is 36.2. The van der Waals surface area contributed by atoms with Crippen molar-refractivity contribution in [2.75, 3.05) is 4.90 Å². The highest BCUT2D eigenvalue weighted by atomic mass is 16.3. The highest BCUT2D eigenvalue weighted by Crippen LogP contribution is 2.39. The highest BCUT2D eigenvalue weighted by Gasteiger charge is 2.21. The Morgan fingerprint density at radius 3 is 2.11 bits per heavy atom. The molecule has 0 atom stereocenters. The van der Waals surface area contributed by atoms with E-state index in [-0.39, 0.29) is 11.2 Å². The van der Waals surface area contributed by atoms with Crippen LogP contribution in [0.15, 0.2) is 115 Å². The fraction of sp³-hybridized carbons (Fsp3) is 0.125. The van der Waals surface area contributed by atoms with E-state index in [0.717, 1.165) is 45.3 Å². The molecular formula is C32H29N3O. The summed E-state index contributed by atoms with van der Waals surface area (Å²) in [4.78, 5) is 11.7. The largest absolute Gasteiger partial charge is 0.507 e. The number of hydrogen-bond acceptors (Lipinski definition) is 4. The van der Waals surface area contributed by atoms with Crippen LogP contribution in [0.4, 0.5) is 17.2 Å². The van der Waals surface area contributed by atoms with Gasteiger partial charge in [-0.3, -0.25) is 4.90 Å². The van der Waals surface area contributed by atoms with E-state index >= 15 is 0 Å². The summed E-state index contributed by atoms with van der Waals surface area (Å²) >= 11 is 0. The van der Waals surface area contributed by atoms with Gasteiger partial charge in [0, 0.05) is 28.7 Å². The maximum Gasteiger partial charge on any atom is 0.137 e. The first-order valence-electron chi connectivity index (χ1n) is 12.1. The van der Waals surface area contributed by atoms with Crippen LogP contribution in [0.5, 0.6) is 5.75 Å². The van der Waals surface area contributed by atoms with Crippen LogP contribution in [0.3, 0.4) is 0 Å². The number of aromatic hydroxyl groups is 1. The molecule has 4 nitrogen and oxygen atoms in total. The van der Waals surface area contributed by atoms with Crippen LogP contribution < -0.4 is 4.90 Å². The summed E-state index contributed by atoms with van der Waals surface area (Å²) in [6.45, 7) is 6.30. The molecule has 36 heavy (non-hydrogen) atoms. The summed E-state index contributed by atoms with van der Waals surface area (Å²) in [7, 11) is 0. The van der Waals surface area contributed by atoms with Crippen LogP contribution in [0.1, 0.15) is 26.3 Å². The van der Waals surface area contributed by atoms with Crippen molar-refractivity contribution in [1.29, 1.82) is 0 Å². The third-order valence-corrected chi connectivity index (χ3v) is 6.16. The van der Waals surface area contributed by atoms with Gasteiger partial charge in [0.05, 0.1) is 11.4 Å². The van der Waals surface area contributed by atoms with Crippen LogP contribution in [0.2, 0.25) is 0 Å². The molecular weight excluding hydrogens is 442 g/mol. The molecule has 178 valence electrons. The van der Waals surface area contributed by atoms with E-state index in [9.17, 15) is 5.11 Å². The summed E-state index contributed by atoms with van der Waals surface area (Å²) in [6.07, 6.45) is 1.80. The number of para-hydroxylation sites is 2. The van der Waals surface area contributed by atoms with Crippen molar-refractivity contribution in [2.45, 2.75) is 26.2 Å². The molecule has 0 aliphatic rings. The molecule has 0 fully saturated rings. The van der Waals surface area contributed by atoms with Crippen molar-refractivity contribution in [1.82, 2.24) is 9.97 Å². The van der Waals surface area contributed by atoms with E-state index in [1.54, 1.807) is 6.20 Å². The minimum Gasteiger partial charge on any atom is -0.507 e. The Balaban J connectivity index is 1.58. The monoisotopic (exact) mass is 471 g/mol. The molecule has 0 saturated carbocycles. The Labute approximate surface area is 212 Å². The van der Waals surface area contributed by atoms with E-state index in [2.05, 4.69) is 61.0 Å². The van der Waals surface area contributed by atoms with Crippen LogP contribution >= 0.6 is 0 Å². The van der Waals surface area contributed by atoms with Gasteiger partial charge in [-0.2, -0.15) is 0 Å². The molecule has 0 aliphatic carbocycles. The summed E-state index contributed by atoms with van der Waals surface area (Å²) in [5, 5.41) is 11.1. The Bertz CT molecular complexity index is 1440. The van der Waals surface area contributed by atoms with Gasteiger partial charge in [0.15, 0.2) is 0 Å². The zero-order valence-electron chi connectivity index (χ0n) is 20.8. The molecule has 2 heterocycles. The van der Waals surface area contributed by atoms with E-state index in [1.807, 2.05) is 78.9 Å². The van der Waals surface area contributed by atoms with Gasteiger partial charge in [-0.1, -0.05) is 75.4 Å². The second-order valence-corrected chi connectivity index (χ2v) is 9.77. The number of phenolic OH excluding ortho intramolecular Hbond substituents is 1. The first-order valence-corrected chi connectivity index (χ1v) is 12.1. The lowest BCUT2D eigenvalue weighted by molar-refractivity contribution is 0.448. The van der Waals surface area contributed by atoms with Gasteiger partial charge in [-0.25, -0.2) is 9.97 Å². The Hall–Kier alpha value is -4.44. The number of rotatable bonds is 5. The van der Waals surface area contributed by atoms with Crippen molar-refractivity contribution in [3.05, 3.63) is 121 Å². The molecule has 4 heteroatoms. The molecule has 0 saturated heterocycles. The molecule has 0 aliphatic heterocycles. The molecule has 0 amide bonds. The molecule has 0 radical (unpaired) electrons. The topological polar surface area (TPSA) is 49.2 Å². The molecule has 1 N–H and O–H groups in total. The molecule has 0 spiro atoms. The smallest absolute Gasteiger partial charge is 0.137 e. The van der Waals surface area contributed by atoms with Crippen molar-refractivity contribution < 1.29 is 5.11 Å². The van der Waals surface area contributed by atoms with Crippen molar-refractivity contribution >= 4 is 17.2 Å². The molecule has 5 aromatic rings. The van der Waals surface area contributed by atoms with E-state index in [0.29, 0.717) is 0 Å². The first kappa shape index (κ1) is 23.3. The molecule has 5 rings (SSSR count). The molecule has 3 aromatic carbocycles. The number of pyridine rings is 2. The predicted octanol–water partition coefficient (Wildman–Crippen LogP) is 8.28. The van der Waals surface area contributed by atoms with Crippen molar-refractivity contribution in [3.8, 4) is 28.3 Å². The number of benzene rings is 3. The second-order valence-electron chi connectivity index (χ2n) is 9.77. The van der Waals surface area contributed by atoms with E-state index in [1.165, 1.54) is 0 Å². The Morgan fingerprint density at radius 2 is 1.36 bits per heavy atom. The number of phenols is 1. The van der Waals surface area contributed by atoms with Gasteiger partial charge in [0.1, 0.15) is 11.6 Å². The SMILES string of the molecule is CC(C)(C)c1cccc(-c2cccc(-c3cccc(N(c4ccccc4)c4ccccn4)c3)n2)c1O. The lowest BCUT2D eigenvalue weighted by Gasteiger charge is -2.24. The van der Waals surface area contributed by atoms with Crippen LogP contribution in [0.25, 0.3) is 22.5 Å².